The first-order valence-electron chi connectivity index (χ1n) is 8.79. The lowest BCUT2D eigenvalue weighted by Gasteiger charge is -2.35. The van der Waals surface area contributed by atoms with Gasteiger partial charge in [-0.05, 0) is 51.6 Å². The second kappa shape index (κ2) is 7.20. The Labute approximate surface area is 150 Å². The molecule has 0 aromatic heterocycles. The van der Waals surface area contributed by atoms with Gasteiger partial charge in [0.05, 0.1) is 12.6 Å². The first-order chi connectivity index (χ1) is 11.5. The highest BCUT2D eigenvalue weighted by Crippen LogP contribution is 2.42. The van der Waals surface area contributed by atoms with E-state index < -0.39 is 0 Å². The molecule has 0 radical (unpaired) electrons. The monoisotopic (exact) mass is 346 g/mol. The van der Waals surface area contributed by atoms with E-state index >= 15 is 0 Å². The van der Waals surface area contributed by atoms with Crippen LogP contribution in [0.5, 0.6) is 5.75 Å². The average molecular weight is 347 g/mol. The van der Waals surface area contributed by atoms with Crippen LogP contribution in [0, 0.1) is 6.92 Å². The Kier molecular flexibility index (Phi) is 5.21. The first-order valence-corrected chi connectivity index (χ1v) is 9.16. The van der Waals surface area contributed by atoms with Crippen molar-refractivity contribution < 1.29 is 4.74 Å². The van der Waals surface area contributed by atoms with E-state index in [2.05, 4.69) is 62.3 Å². The van der Waals surface area contributed by atoms with Crippen LogP contribution in [0.15, 0.2) is 30.0 Å². The number of allylic oxidation sites excluding steroid dienone is 2. The van der Waals surface area contributed by atoms with Crippen molar-refractivity contribution in [3.8, 4) is 5.75 Å². The van der Waals surface area contributed by atoms with Crippen molar-refractivity contribution in [1.82, 2.24) is 10.2 Å². The molecule has 0 aliphatic carbocycles. The van der Waals surface area contributed by atoms with E-state index in [4.69, 9.17) is 16.3 Å². The Morgan fingerprint density at radius 1 is 1.38 bits per heavy atom. The SMILES string of the molecule is CCOc1c(C(C)N2C=CC=C(C)C2)cc(Cl)c(C)c1C1CNC1. The van der Waals surface area contributed by atoms with Crippen LogP contribution in [-0.2, 0) is 0 Å². The zero-order valence-electron chi connectivity index (χ0n) is 15.0. The van der Waals surface area contributed by atoms with Gasteiger partial charge in [0, 0.05) is 41.7 Å². The van der Waals surface area contributed by atoms with Gasteiger partial charge in [-0.3, -0.25) is 0 Å². The van der Waals surface area contributed by atoms with E-state index in [-0.39, 0.29) is 6.04 Å². The molecule has 1 saturated heterocycles. The summed E-state index contributed by atoms with van der Waals surface area (Å²) in [6, 6.07) is 2.32. The van der Waals surface area contributed by atoms with Crippen molar-refractivity contribution in [2.45, 2.75) is 39.7 Å². The van der Waals surface area contributed by atoms with Crippen molar-refractivity contribution in [1.29, 1.82) is 0 Å². The summed E-state index contributed by atoms with van der Waals surface area (Å²) >= 11 is 6.60. The van der Waals surface area contributed by atoms with Gasteiger partial charge in [0.15, 0.2) is 0 Å². The lowest BCUT2D eigenvalue weighted by atomic mass is 9.86. The van der Waals surface area contributed by atoms with Crippen LogP contribution in [0.1, 0.15) is 49.4 Å². The van der Waals surface area contributed by atoms with E-state index in [9.17, 15) is 0 Å². The topological polar surface area (TPSA) is 24.5 Å². The molecule has 2 aliphatic heterocycles. The number of halogens is 1. The van der Waals surface area contributed by atoms with Gasteiger partial charge < -0.3 is 15.0 Å². The molecule has 2 aliphatic rings. The van der Waals surface area contributed by atoms with Crippen LogP contribution in [-0.4, -0.2) is 31.1 Å². The summed E-state index contributed by atoms with van der Waals surface area (Å²) in [5.74, 6) is 1.54. The highest BCUT2D eigenvalue weighted by Gasteiger charge is 2.30. The summed E-state index contributed by atoms with van der Waals surface area (Å²) in [5.41, 5.74) is 5.00. The van der Waals surface area contributed by atoms with Gasteiger partial charge >= 0.3 is 0 Å². The average Bonchev–Trinajstić information content (AvgIpc) is 2.51. The molecule has 3 rings (SSSR count). The molecule has 130 valence electrons. The van der Waals surface area contributed by atoms with Gasteiger partial charge in [0.2, 0.25) is 0 Å². The molecule has 1 atom stereocenters. The van der Waals surface area contributed by atoms with Crippen molar-refractivity contribution in [3.05, 3.63) is 51.7 Å². The molecule has 1 aromatic rings. The van der Waals surface area contributed by atoms with Gasteiger partial charge in [0.25, 0.3) is 0 Å². The van der Waals surface area contributed by atoms with Crippen LogP contribution in [0.2, 0.25) is 5.02 Å². The van der Waals surface area contributed by atoms with E-state index in [1.807, 2.05) is 0 Å². The molecule has 0 bridgehead atoms. The lowest BCUT2D eigenvalue weighted by molar-refractivity contribution is 0.286. The Morgan fingerprint density at radius 3 is 2.71 bits per heavy atom. The van der Waals surface area contributed by atoms with Crippen LogP contribution in [0.3, 0.4) is 0 Å². The summed E-state index contributed by atoms with van der Waals surface area (Å²) in [6.07, 6.45) is 6.44. The third-order valence-corrected chi connectivity index (χ3v) is 5.46. The molecule has 3 nitrogen and oxygen atoms in total. The van der Waals surface area contributed by atoms with E-state index in [1.54, 1.807) is 0 Å². The summed E-state index contributed by atoms with van der Waals surface area (Å²) in [7, 11) is 0. The minimum atomic E-state index is 0.219. The van der Waals surface area contributed by atoms with E-state index in [0.717, 1.165) is 36.0 Å². The third-order valence-electron chi connectivity index (χ3n) is 5.07. The standard InChI is InChI=1S/C20H27ClN2O/c1-5-24-20-17(15(4)23-8-6-7-13(2)12-23)9-18(21)14(3)19(20)16-10-22-11-16/h6-9,15-16,22H,5,10-12H2,1-4H3. The van der Waals surface area contributed by atoms with Crippen molar-refractivity contribution in [3.63, 3.8) is 0 Å². The maximum atomic E-state index is 6.60. The third kappa shape index (κ3) is 3.20. The maximum absolute atomic E-state index is 6.60. The molecule has 24 heavy (non-hydrogen) atoms. The summed E-state index contributed by atoms with van der Waals surface area (Å²) in [4.78, 5) is 2.35. The van der Waals surface area contributed by atoms with Gasteiger partial charge in [-0.2, -0.15) is 0 Å². The van der Waals surface area contributed by atoms with Gasteiger partial charge in [-0.1, -0.05) is 23.3 Å². The second-order valence-corrected chi connectivity index (χ2v) is 7.21. The van der Waals surface area contributed by atoms with E-state index in [1.165, 1.54) is 16.7 Å². The normalized spacial score (nSPS) is 19.0. The Bertz CT molecular complexity index is 677. The quantitative estimate of drug-likeness (QED) is 0.845. The predicted octanol–water partition coefficient (Wildman–Crippen LogP) is 4.57. The molecular weight excluding hydrogens is 320 g/mol. The number of nitrogens with one attached hydrogen (secondary N) is 1. The van der Waals surface area contributed by atoms with E-state index in [0.29, 0.717) is 12.5 Å². The van der Waals surface area contributed by atoms with Gasteiger partial charge in [-0.25, -0.2) is 0 Å². The number of benzene rings is 1. The Balaban J connectivity index is 2.04. The summed E-state index contributed by atoms with van der Waals surface area (Å²) in [6.45, 7) is 12.2. The molecular formula is C20H27ClN2O. The molecule has 0 amide bonds. The fraction of sp³-hybridized carbons (Fsp3) is 0.500. The van der Waals surface area contributed by atoms with Gasteiger partial charge in [-0.15, -0.1) is 0 Å². The van der Waals surface area contributed by atoms with Crippen molar-refractivity contribution in [2.24, 2.45) is 0 Å². The molecule has 0 spiro atoms. The number of hydrogen-bond donors (Lipinski definition) is 1. The van der Waals surface area contributed by atoms with Gasteiger partial charge in [0.1, 0.15) is 5.75 Å². The molecule has 2 heterocycles. The number of nitrogens with zero attached hydrogens (tertiary/aromatic N) is 1. The summed E-state index contributed by atoms with van der Waals surface area (Å²) < 4.78 is 6.15. The lowest BCUT2D eigenvalue weighted by Crippen LogP contribution is -2.40. The Morgan fingerprint density at radius 2 is 2.12 bits per heavy atom. The maximum Gasteiger partial charge on any atom is 0.128 e. The van der Waals surface area contributed by atoms with Crippen LogP contribution >= 0.6 is 11.6 Å². The van der Waals surface area contributed by atoms with Crippen molar-refractivity contribution in [2.75, 3.05) is 26.2 Å². The minimum absolute atomic E-state index is 0.219. The molecule has 1 aromatic carbocycles. The zero-order chi connectivity index (χ0) is 17.3. The second-order valence-electron chi connectivity index (χ2n) is 6.81. The molecule has 1 fully saturated rings. The van der Waals surface area contributed by atoms with Crippen LogP contribution in [0.25, 0.3) is 0 Å². The van der Waals surface area contributed by atoms with Crippen molar-refractivity contribution >= 4 is 11.6 Å². The summed E-state index contributed by atoms with van der Waals surface area (Å²) in [5, 5.41) is 4.21. The fourth-order valence-corrected chi connectivity index (χ4v) is 3.74. The predicted molar refractivity (Wildman–Crippen MR) is 101 cm³/mol. The molecule has 1 unspecified atom stereocenters. The number of hydrogen-bond acceptors (Lipinski definition) is 3. The Hall–Kier alpha value is -1.45. The number of rotatable bonds is 5. The van der Waals surface area contributed by atoms with Crippen LogP contribution in [0.4, 0.5) is 0 Å². The number of ether oxygens (including phenoxy) is 1. The highest BCUT2D eigenvalue weighted by atomic mass is 35.5. The largest absolute Gasteiger partial charge is 0.493 e. The zero-order valence-corrected chi connectivity index (χ0v) is 15.8. The first kappa shape index (κ1) is 17.4. The molecule has 0 saturated carbocycles. The molecule has 4 heteroatoms. The van der Waals surface area contributed by atoms with Crippen LogP contribution < -0.4 is 10.1 Å². The smallest absolute Gasteiger partial charge is 0.128 e. The minimum Gasteiger partial charge on any atom is -0.493 e. The highest BCUT2D eigenvalue weighted by molar-refractivity contribution is 6.31. The molecule has 1 N–H and O–H groups in total. The fourth-order valence-electron chi connectivity index (χ4n) is 3.52.